The van der Waals surface area contributed by atoms with Gasteiger partial charge in [0.25, 0.3) is 0 Å². The molecule has 2 aromatic carbocycles. The number of anilines is 1. The molecule has 128 valence electrons. The minimum atomic E-state index is 0.181. The minimum Gasteiger partial charge on any atom is -0.399 e. The van der Waals surface area contributed by atoms with Gasteiger partial charge in [0.15, 0.2) is 5.11 Å². The summed E-state index contributed by atoms with van der Waals surface area (Å²) in [6, 6.07) is 14.7. The molecule has 0 aliphatic rings. The number of aryl methyl sites for hydroxylation is 1. The second kappa shape index (κ2) is 7.67. The van der Waals surface area contributed by atoms with Crippen molar-refractivity contribution >= 4 is 23.0 Å². The van der Waals surface area contributed by atoms with Crippen molar-refractivity contribution in [3.05, 3.63) is 64.7 Å². The molecule has 3 nitrogen and oxygen atoms in total. The van der Waals surface area contributed by atoms with Crippen molar-refractivity contribution in [2.24, 2.45) is 0 Å². The van der Waals surface area contributed by atoms with Crippen molar-refractivity contribution in [1.29, 1.82) is 0 Å². The van der Waals surface area contributed by atoms with E-state index in [1.54, 1.807) is 0 Å². The number of benzene rings is 2. The molecule has 2 aromatic rings. The van der Waals surface area contributed by atoms with Crippen LogP contribution in [0.1, 0.15) is 43.0 Å². The van der Waals surface area contributed by atoms with Crippen LogP contribution in [0.15, 0.2) is 42.5 Å². The van der Waals surface area contributed by atoms with Crippen molar-refractivity contribution in [2.45, 2.75) is 46.2 Å². The summed E-state index contributed by atoms with van der Waals surface area (Å²) in [7, 11) is 0. The summed E-state index contributed by atoms with van der Waals surface area (Å²) in [5.74, 6) is 0. The lowest BCUT2D eigenvalue weighted by Gasteiger charge is -2.19. The first-order chi connectivity index (χ1) is 11.3. The molecule has 0 bridgehead atoms. The van der Waals surface area contributed by atoms with Gasteiger partial charge in [0.1, 0.15) is 0 Å². The highest BCUT2D eigenvalue weighted by Gasteiger charge is 2.12. The van der Waals surface area contributed by atoms with Crippen molar-refractivity contribution in [2.75, 3.05) is 5.73 Å². The smallest absolute Gasteiger partial charge is 0.166 e. The van der Waals surface area contributed by atoms with Gasteiger partial charge in [0.2, 0.25) is 0 Å². The third-order valence-corrected chi connectivity index (χ3v) is 4.35. The highest BCUT2D eigenvalue weighted by atomic mass is 32.1. The Morgan fingerprint density at radius 3 is 2.04 bits per heavy atom. The maximum Gasteiger partial charge on any atom is 0.166 e. The van der Waals surface area contributed by atoms with Crippen LogP contribution in [-0.2, 0) is 18.5 Å². The second-order valence-electron chi connectivity index (χ2n) is 7.17. The Morgan fingerprint density at radius 2 is 1.50 bits per heavy atom. The van der Waals surface area contributed by atoms with E-state index in [0.717, 1.165) is 17.8 Å². The van der Waals surface area contributed by atoms with Gasteiger partial charge in [-0.3, -0.25) is 0 Å². The van der Waals surface area contributed by atoms with E-state index in [1.807, 2.05) is 19.1 Å². The zero-order valence-electron chi connectivity index (χ0n) is 14.9. The van der Waals surface area contributed by atoms with Gasteiger partial charge >= 0.3 is 0 Å². The summed E-state index contributed by atoms with van der Waals surface area (Å²) in [4.78, 5) is 0. The molecule has 4 N–H and O–H groups in total. The third kappa shape index (κ3) is 5.24. The molecule has 0 aliphatic heterocycles. The van der Waals surface area contributed by atoms with Crippen molar-refractivity contribution < 1.29 is 0 Å². The van der Waals surface area contributed by atoms with Crippen LogP contribution in [0.25, 0.3) is 0 Å². The van der Waals surface area contributed by atoms with Crippen LogP contribution in [0.2, 0.25) is 0 Å². The van der Waals surface area contributed by atoms with Gasteiger partial charge in [0, 0.05) is 18.8 Å². The van der Waals surface area contributed by atoms with E-state index in [-0.39, 0.29) is 5.41 Å². The van der Waals surface area contributed by atoms with Gasteiger partial charge in [-0.1, -0.05) is 57.2 Å². The monoisotopic (exact) mass is 341 g/mol. The highest BCUT2D eigenvalue weighted by Crippen LogP contribution is 2.22. The summed E-state index contributed by atoms with van der Waals surface area (Å²) in [5, 5.41) is 7.14. The van der Waals surface area contributed by atoms with E-state index in [2.05, 4.69) is 61.7 Å². The van der Waals surface area contributed by atoms with Crippen LogP contribution in [-0.4, -0.2) is 5.11 Å². The summed E-state index contributed by atoms with van der Waals surface area (Å²) in [6.45, 7) is 10.1. The fourth-order valence-electron chi connectivity index (χ4n) is 2.40. The van der Waals surface area contributed by atoms with Gasteiger partial charge in [-0.25, -0.2) is 0 Å². The largest absolute Gasteiger partial charge is 0.399 e. The molecule has 0 spiro atoms. The average molecular weight is 342 g/mol. The molecule has 0 amide bonds. The number of nitrogen functional groups attached to an aromatic ring is 1. The van der Waals surface area contributed by atoms with E-state index in [0.29, 0.717) is 11.7 Å². The normalized spacial score (nSPS) is 11.2. The molecule has 24 heavy (non-hydrogen) atoms. The predicted molar refractivity (Wildman–Crippen MR) is 107 cm³/mol. The first-order valence-corrected chi connectivity index (χ1v) is 8.62. The Kier molecular flexibility index (Phi) is 5.84. The first-order valence-electron chi connectivity index (χ1n) is 8.22. The van der Waals surface area contributed by atoms with Crippen molar-refractivity contribution in [1.82, 2.24) is 10.6 Å². The molecule has 0 atom stereocenters. The zero-order chi connectivity index (χ0) is 17.7. The maximum atomic E-state index is 5.84. The molecule has 0 aliphatic carbocycles. The standard InChI is InChI=1S/C20H27N3S/c1-14-11-16(7-10-18(14)21)13-23-19(24)22-12-15-5-8-17(9-6-15)20(2,3)4/h5-11H,12-13,21H2,1-4H3,(H2,22,23,24). The maximum absolute atomic E-state index is 5.84. The number of thiocarbonyl (C=S) groups is 1. The molecule has 0 aromatic heterocycles. The van der Waals surface area contributed by atoms with Crippen LogP contribution in [0, 0.1) is 6.92 Å². The number of hydrogen-bond acceptors (Lipinski definition) is 2. The molecule has 0 heterocycles. The molecular formula is C20H27N3S. The van der Waals surface area contributed by atoms with E-state index in [1.165, 1.54) is 16.7 Å². The lowest BCUT2D eigenvalue weighted by Crippen LogP contribution is -2.34. The topological polar surface area (TPSA) is 50.1 Å². The fraction of sp³-hybridized carbons (Fsp3) is 0.350. The number of nitrogens with one attached hydrogen (secondary N) is 2. The molecule has 0 unspecified atom stereocenters. The van der Waals surface area contributed by atoms with Crippen molar-refractivity contribution in [3.63, 3.8) is 0 Å². The Bertz CT molecular complexity index is 700. The lowest BCUT2D eigenvalue weighted by atomic mass is 9.87. The Balaban J connectivity index is 1.81. The summed E-state index contributed by atoms with van der Waals surface area (Å²) in [6.07, 6.45) is 0. The van der Waals surface area contributed by atoms with Crippen LogP contribution in [0.3, 0.4) is 0 Å². The number of nitrogens with two attached hydrogens (primary N) is 1. The summed E-state index contributed by atoms with van der Waals surface area (Å²) in [5.41, 5.74) is 11.6. The molecule has 0 saturated carbocycles. The number of hydrogen-bond donors (Lipinski definition) is 3. The van der Waals surface area contributed by atoms with Gasteiger partial charge < -0.3 is 16.4 Å². The minimum absolute atomic E-state index is 0.181. The van der Waals surface area contributed by atoms with E-state index in [4.69, 9.17) is 18.0 Å². The quantitative estimate of drug-likeness (QED) is 0.580. The molecule has 2 rings (SSSR count). The fourth-order valence-corrected chi connectivity index (χ4v) is 2.54. The van der Waals surface area contributed by atoms with Crippen molar-refractivity contribution in [3.8, 4) is 0 Å². The molecular weight excluding hydrogens is 314 g/mol. The van der Waals surface area contributed by atoms with E-state index < -0.39 is 0 Å². The van der Waals surface area contributed by atoms with Crippen LogP contribution in [0.4, 0.5) is 5.69 Å². The molecule has 0 radical (unpaired) electrons. The molecule has 0 fully saturated rings. The van der Waals surface area contributed by atoms with Crippen LogP contribution >= 0.6 is 12.2 Å². The summed E-state index contributed by atoms with van der Waals surface area (Å²) >= 11 is 5.35. The van der Waals surface area contributed by atoms with Gasteiger partial charge in [-0.05, 0) is 52.9 Å². The van der Waals surface area contributed by atoms with Gasteiger partial charge in [-0.15, -0.1) is 0 Å². The Labute approximate surface area is 150 Å². The van der Waals surface area contributed by atoms with Crippen LogP contribution in [0.5, 0.6) is 0 Å². The summed E-state index contributed by atoms with van der Waals surface area (Å²) < 4.78 is 0. The molecule has 0 saturated heterocycles. The SMILES string of the molecule is Cc1cc(CNC(=S)NCc2ccc(C(C)(C)C)cc2)ccc1N. The van der Waals surface area contributed by atoms with Gasteiger partial charge in [0.05, 0.1) is 0 Å². The third-order valence-electron chi connectivity index (χ3n) is 4.06. The van der Waals surface area contributed by atoms with Gasteiger partial charge in [-0.2, -0.15) is 0 Å². The Hall–Kier alpha value is -2.07. The predicted octanol–water partition coefficient (Wildman–Crippen LogP) is 4.04. The highest BCUT2D eigenvalue weighted by molar-refractivity contribution is 7.80. The molecule has 4 heteroatoms. The van der Waals surface area contributed by atoms with Crippen LogP contribution < -0.4 is 16.4 Å². The second-order valence-corrected chi connectivity index (χ2v) is 7.58. The lowest BCUT2D eigenvalue weighted by molar-refractivity contribution is 0.590. The number of rotatable bonds is 4. The van der Waals surface area contributed by atoms with E-state index in [9.17, 15) is 0 Å². The first kappa shape index (κ1) is 18.3. The zero-order valence-corrected chi connectivity index (χ0v) is 15.8. The Morgan fingerprint density at radius 1 is 0.958 bits per heavy atom. The van der Waals surface area contributed by atoms with E-state index >= 15 is 0 Å². The average Bonchev–Trinajstić information content (AvgIpc) is 2.53.